The number of esters is 1. The first-order valence-electron chi connectivity index (χ1n) is 7.13. The Morgan fingerprint density at radius 3 is 2.32 bits per heavy atom. The van der Waals surface area contributed by atoms with Crippen LogP contribution in [0.1, 0.15) is 39.4 Å². The number of benzene rings is 1. The highest BCUT2D eigenvalue weighted by Crippen LogP contribution is 2.18. The van der Waals surface area contributed by atoms with Gasteiger partial charge >= 0.3 is 12.1 Å². The molecule has 0 aliphatic heterocycles. The van der Waals surface area contributed by atoms with E-state index >= 15 is 0 Å². The lowest BCUT2D eigenvalue weighted by Crippen LogP contribution is -2.47. The Kier molecular flexibility index (Phi) is 6.37. The molecular formula is C16H23NO5. The maximum Gasteiger partial charge on any atom is 0.408 e. The first-order chi connectivity index (χ1) is 10.2. The average molecular weight is 309 g/mol. The molecule has 1 aromatic rings. The Morgan fingerprint density at radius 2 is 1.82 bits per heavy atom. The van der Waals surface area contributed by atoms with Crippen LogP contribution in [0.25, 0.3) is 0 Å². The van der Waals surface area contributed by atoms with Crippen molar-refractivity contribution < 1.29 is 24.2 Å². The third-order valence-electron chi connectivity index (χ3n) is 2.67. The molecule has 0 saturated carbocycles. The lowest BCUT2D eigenvalue weighted by atomic mass is 10.0. The molecule has 22 heavy (non-hydrogen) atoms. The second kappa shape index (κ2) is 7.79. The molecule has 0 heterocycles. The van der Waals surface area contributed by atoms with Crippen molar-refractivity contribution in [3.63, 3.8) is 0 Å². The number of nitrogens with one attached hydrogen (secondary N) is 1. The minimum atomic E-state index is -1.24. The van der Waals surface area contributed by atoms with Gasteiger partial charge in [-0.05, 0) is 33.3 Å². The summed E-state index contributed by atoms with van der Waals surface area (Å²) >= 11 is 0. The zero-order valence-electron chi connectivity index (χ0n) is 13.3. The number of carbonyl (C=O) groups excluding carboxylic acids is 2. The van der Waals surface area contributed by atoms with E-state index in [2.05, 4.69) is 5.32 Å². The molecule has 0 spiro atoms. The number of carbonyl (C=O) groups is 2. The van der Waals surface area contributed by atoms with Gasteiger partial charge in [0.1, 0.15) is 11.7 Å². The van der Waals surface area contributed by atoms with Gasteiger partial charge in [0.05, 0.1) is 6.61 Å². The Labute approximate surface area is 130 Å². The van der Waals surface area contributed by atoms with Crippen LogP contribution in [0.4, 0.5) is 4.79 Å². The van der Waals surface area contributed by atoms with E-state index in [1.54, 1.807) is 58.0 Å². The van der Waals surface area contributed by atoms with Crippen LogP contribution in [0.2, 0.25) is 0 Å². The van der Waals surface area contributed by atoms with Crippen molar-refractivity contribution in [2.24, 2.45) is 0 Å². The van der Waals surface area contributed by atoms with Gasteiger partial charge in [-0.3, -0.25) is 0 Å². The van der Waals surface area contributed by atoms with Crippen LogP contribution in [0.15, 0.2) is 30.3 Å². The molecule has 1 amide bonds. The summed E-state index contributed by atoms with van der Waals surface area (Å²) in [5.41, 5.74) is -0.210. The van der Waals surface area contributed by atoms with Gasteiger partial charge in [0.2, 0.25) is 0 Å². The molecule has 2 atom stereocenters. The van der Waals surface area contributed by atoms with E-state index in [9.17, 15) is 14.7 Å². The molecule has 0 aliphatic carbocycles. The summed E-state index contributed by atoms with van der Waals surface area (Å²) in [6.45, 7) is 6.92. The monoisotopic (exact) mass is 309 g/mol. The molecule has 1 aromatic carbocycles. The molecule has 0 aliphatic rings. The van der Waals surface area contributed by atoms with Crippen molar-refractivity contribution in [1.82, 2.24) is 5.32 Å². The summed E-state index contributed by atoms with van der Waals surface area (Å²) in [5, 5.41) is 12.7. The Hall–Kier alpha value is -2.08. The van der Waals surface area contributed by atoms with E-state index in [1.807, 2.05) is 0 Å². The minimum absolute atomic E-state index is 0.146. The lowest BCUT2D eigenvalue weighted by molar-refractivity contribution is -0.148. The summed E-state index contributed by atoms with van der Waals surface area (Å²) in [5.74, 6) is -0.718. The topological polar surface area (TPSA) is 84.9 Å². The second-order valence-corrected chi connectivity index (χ2v) is 5.73. The average Bonchev–Trinajstić information content (AvgIpc) is 2.43. The Bertz CT molecular complexity index is 495. The fourth-order valence-electron chi connectivity index (χ4n) is 1.78. The maximum absolute atomic E-state index is 12.0. The number of alkyl carbamates (subject to hydrolysis) is 1. The van der Waals surface area contributed by atoms with Gasteiger partial charge in [-0.15, -0.1) is 0 Å². The molecule has 2 N–H and O–H groups in total. The smallest absolute Gasteiger partial charge is 0.408 e. The molecule has 0 fully saturated rings. The minimum Gasteiger partial charge on any atom is -0.464 e. The molecule has 0 unspecified atom stereocenters. The fourth-order valence-corrected chi connectivity index (χ4v) is 1.78. The molecule has 122 valence electrons. The first-order valence-corrected chi connectivity index (χ1v) is 7.13. The van der Waals surface area contributed by atoms with Crippen molar-refractivity contribution in [2.45, 2.75) is 45.4 Å². The van der Waals surface area contributed by atoms with E-state index in [4.69, 9.17) is 9.47 Å². The number of ether oxygens (including phenoxy) is 2. The van der Waals surface area contributed by atoms with E-state index in [1.165, 1.54) is 0 Å². The first kappa shape index (κ1) is 18.0. The molecule has 6 heteroatoms. The van der Waals surface area contributed by atoms with Gasteiger partial charge in [-0.25, -0.2) is 9.59 Å². The number of aliphatic hydroxyl groups excluding tert-OH is 1. The zero-order valence-corrected chi connectivity index (χ0v) is 13.3. The van der Waals surface area contributed by atoms with Gasteiger partial charge in [0.15, 0.2) is 6.04 Å². The molecule has 0 bridgehead atoms. The van der Waals surface area contributed by atoms with E-state index in [-0.39, 0.29) is 6.61 Å². The number of rotatable bonds is 5. The van der Waals surface area contributed by atoms with Crippen molar-refractivity contribution in [2.75, 3.05) is 6.61 Å². The van der Waals surface area contributed by atoms with Crippen LogP contribution in [0, 0.1) is 0 Å². The fraction of sp³-hybridized carbons (Fsp3) is 0.500. The zero-order chi connectivity index (χ0) is 16.8. The Morgan fingerprint density at radius 1 is 1.23 bits per heavy atom. The highest BCUT2D eigenvalue weighted by Gasteiger charge is 2.32. The molecular weight excluding hydrogens is 286 g/mol. The number of hydrogen-bond acceptors (Lipinski definition) is 5. The molecule has 6 nitrogen and oxygen atoms in total. The van der Waals surface area contributed by atoms with Crippen molar-refractivity contribution in [3.05, 3.63) is 35.9 Å². The van der Waals surface area contributed by atoms with E-state index < -0.39 is 29.8 Å². The molecule has 0 radical (unpaired) electrons. The summed E-state index contributed by atoms with van der Waals surface area (Å²) in [6.07, 6.45) is -2.02. The molecule has 0 saturated heterocycles. The van der Waals surface area contributed by atoms with Gasteiger partial charge in [0, 0.05) is 0 Å². The standard InChI is InChI=1S/C16H23NO5/c1-5-21-14(19)12(17-15(20)22-16(2,3)4)13(18)11-9-7-6-8-10-11/h6-10,12-13,18H,5H2,1-4H3,(H,17,20)/t12-,13-/m0/s1. The van der Waals surface area contributed by atoms with Crippen LogP contribution < -0.4 is 5.32 Å². The summed E-state index contributed by atoms with van der Waals surface area (Å²) in [6, 6.07) is 7.33. The largest absolute Gasteiger partial charge is 0.464 e. The van der Waals surface area contributed by atoms with E-state index in [0.29, 0.717) is 5.56 Å². The maximum atomic E-state index is 12.0. The highest BCUT2D eigenvalue weighted by molar-refractivity contribution is 5.82. The van der Waals surface area contributed by atoms with Crippen LogP contribution in [-0.2, 0) is 14.3 Å². The summed E-state index contributed by atoms with van der Waals surface area (Å²) in [4.78, 5) is 23.9. The summed E-state index contributed by atoms with van der Waals surface area (Å²) < 4.78 is 10.0. The van der Waals surface area contributed by atoms with Crippen LogP contribution in [0.3, 0.4) is 0 Å². The number of amides is 1. The van der Waals surface area contributed by atoms with Crippen molar-refractivity contribution in [3.8, 4) is 0 Å². The molecule has 1 rings (SSSR count). The van der Waals surface area contributed by atoms with Gasteiger partial charge < -0.3 is 19.9 Å². The Balaban J connectivity index is 2.89. The van der Waals surface area contributed by atoms with Crippen LogP contribution in [-0.4, -0.2) is 35.4 Å². The van der Waals surface area contributed by atoms with Gasteiger partial charge in [0.25, 0.3) is 0 Å². The summed E-state index contributed by atoms with van der Waals surface area (Å²) in [7, 11) is 0. The van der Waals surface area contributed by atoms with Gasteiger partial charge in [-0.1, -0.05) is 30.3 Å². The third kappa shape index (κ3) is 5.73. The number of hydrogen-bond donors (Lipinski definition) is 2. The van der Waals surface area contributed by atoms with Crippen LogP contribution >= 0.6 is 0 Å². The predicted molar refractivity (Wildman–Crippen MR) is 81.2 cm³/mol. The normalized spacial score (nSPS) is 13.9. The molecule has 0 aromatic heterocycles. The van der Waals surface area contributed by atoms with Gasteiger partial charge in [-0.2, -0.15) is 0 Å². The van der Waals surface area contributed by atoms with Crippen molar-refractivity contribution in [1.29, 1.82) is 0 Å². The lowest BCUT2D eigenvalue weighted by Gasteiger charge is -2.25. The van der Waals surface area contributed by atoms with Crippen molar-refractivity contribution >= 4 is 12.1 Å². The van der Waals surface area contributed by atoms with Crippen LogP contribution in [0.5, 0.6) is 0 Å². The number of aliphatic hydroxyl groups is 1. The quantitative estimate of drug-likeness (QED) is 0.814. The SMILES string of the molecule is CCOC(=O)[C@@H](NC(=O)OC(C)(C)C)[C@@H](O)c1ccccc1. The predicted octanol–water partition coefficient (Wildman–Crippen LogP) is 2.18. The highest BCUT2D eigenvalue weighted by atomic mass is 16.6. The third-order valence-corrected chi connectivity index (χ3v) is 2.67. The van der Waals surface area contributed by atoms with E-state index in [0.717, 1.165) is 0 Å². The second-order valence-electron chi connectivity index (χ2n) is 5.73.